The van der Waals surface area contributed by atoms with Gasteiger partial charge in [0.25, 0.3) is 0 Å². The number of anilines is 1. The van der Waals surface area contributed by atoms with Crippen molar-refractivity contribution in [1.29, 1.82) is 0 Å². The van der Waals surface area contributed by atoms with Crippen LogP contribution in [-0.4, -0.2) is 22.0 Å². The standard InChI is InChI=1S/C18H16N2O3/c21-17(14-11-6-7-12(9-11)15(14)18(22)23)20-13-5-1-3-10-4-2-8-19-16(10)13/h1-8,11-12,14-15H,9H2,(H,20,21)(H,22,23)/t11-,12-,14-,15+/m1/s1. The molecule has 0 aliphatic heterocycles. The zero-order valence-corrected chi connectivity index (χ0v) is 12.3. The number of para-hydroxylation sites is 1. The van der Waals surface area contributed by atoms with Gasteiger partial charge in [0.15, 0.2) is 0 Å². The number of hydrogen-bond acceptors (Lipinski definition) is 3. The molecule has 4 rings (SSSR count). The molecule has 1 aromatic carbocycles. The SMILES string of the molecule is O=C(O)[C@@H]1[C@H](C(=O)Nc2cccc3cccnc23)[C@@H]2C=C[C@@H]1C2. The molecule has 0 radical (unpaired) electrons. The Morgan fingerprint density at radius 3 is 2.61 bits per heavy atom. The Kier molecular flexibility index (Phi) is 3.15. The maximum Gasteiger partial charge on any atom is 0.307 e. The smallest absolute Gasteiger partial charge is 0.307 e. The van der Waals surface area contributed by atoms with Crippen LogP contribution in [-0.2, 0) is 9.59 Å². The predicted molar refractivity (Wildman–Crippen MR) is 85.7 cm³/mol. The largest absolute Gasteiger partial charge is 0.481 e. The highest BCUT2D eigenvalue weighted by molar-refractivity contribution is 6.02. The van der Waals surface area contributed by atoms with E-state index < -0.39 is 17.8 Å². The van der Waals surface area contributed by atoms with E-state index in [4.69, 9.17) is 0 Å². The van der Waals surface area contributed by atoms with Gasteiger partial charge in [0.2, 0.25) is 5.91 Å². The monoisotopic (exact) mass is 308 g/mol. The molecule has 2 N–H and O–H groups in total. The number of aliphatic carboxylic acids is 1. The lowest BCUT2D eigenvalue weighted by molar-refractivity contribution is -0.146. The lowest BCUT2D eigenvalue weighted by Crippen LogP contribution is -2.36. The molecule has 1 aromatic heterocycles. The van der Waals surface area contributed by atoms with E-state index in [1.54, 1.807) is 12.3 Å². The summed E-state index contributed by atoms with van der Waals surface area (Å²) in [5.74, 6) is -2.28. The van der Waals surface area contributed by atoms with Crippen molar-refractivity contribution >= 4 is 28.5 Å². The van der Waals surface area contributed by atoms with Gasteiger partial charge in [-0.3, -0.25) is 14.6 Å². The van der Waals surface area contributed by atoms with Crippen molar-refractivity contribution in [2.45, 2.75) is 6.42 Å². The van der Waals surface area contributed by atoms with Gasteiger partial charge in [-0.05, 0) is 30.4 Å². The summed E-state index contributed by atoms with van der Waals surface area (Å²) >= 11 is 0. The fraction of sp³-hybridized carbons (Fsp3) is 0.278. The van der Waals surface area contributed by atoms with E-state index in [0.29, 0.717) is 11.2 Å². The number of nitrogens with zero attached hydrogens (tertiary/aromatic N) is 1. The van der Waals surface area contributed by atoms with Crippen molar-refractivity contribution in [3.05, 3.63) is 48.7 Å². The first-order valence-corrected chi connectivity index (χ1v) is 7.71. The van der Waals surface area contributed by atoms with Crippen LogP contribution in [0.25, 0.3) is 10.9 Å². The molecule has 5 heteroatoms. The zero-order valence-electron chi connectivity index (χ0n) is 12.3. The minimum absolute atomic E-state index is 0.0176. The van der Waals surface area contributed by atoms with Crippen LogP contribution in [0, 0.1) is 23.7 Å². The number of hydrogen-bond donors (Lipinski definition) is 2. The van der Waals surface area contributed by atoms with Crippen molar-refractivity contribution in [3.8, 4) is 0 Å². The van der Waals surface area contributed by atoms with Gasteiger partial charge in [0.05, 0.1) is 23.0 Å². The Morgan fingerprint density at radius 1 is 1.09 bits per heavy atom. The molecule has 2 aliphatic rings. The normalized spacial score (nSPS) is 28.2. The second-order valence-corrected chi connectivity index (χ2v) is 6.21. The number of allylic oxidation sites excluding steroid dienone is 2. The van der Waals surface area contributed by atoms with Crippen LogP contribution in [0.15, 0.2) is 48.7 Å². The number of carboxylic acids is 1. The van der Waals surface area contributed by atoms with Gasteiger partial charge in [-0.2, -0.15) is 0 Å². The van der Waals surface area contributed by atoms with E-state index in [0.717, 1.165) is 11.8 Å². The van der Waals surface area contributed by atoms with Crippen molar-refractivity contribution in [1.82, 2.24) is 4.98 Å². The number of carbonyl (C=O) groups excluding carboxylic acids is 1. The first kappa shape index (κ1) is 13.9. The molecule has 1 amide bonds. The van der Waals surface area contributed by atoms with E-state index in [1.807, 2.05) is 36.4 Å². The second kappa shape index (κ2) is 5.19. The summed E-state index contributed by atoms with van der Waals surface area (Å²) in [7, 11) is 0. The first-order valence-electron chi connectivity index (χ1n) is 7.71. The van der Waals surface area contributed by atoms with Gasteiger partial charge in [-0.1, -0.05) is 30.4 Å². The molecule has 0 saturated heterocycles. The number of pyridine rings is 1. The predicted octanol–water partition coefficient (Wildman–Crippen LogP) is 2.70. The highest BCUT2D eigenvalue weighted by atomic mass is 16.4. The van der Waals surface area contributed by atoms with Crippen LogP contribution >= 0.6 is 0 Å². The van der Waals surface area contributed by atoms with Crippen molar-refractivity contribution < 1.29 is 14.7 Å². The zero-order chi connectivity index (χ0) is 16.0. The third-order valence-electron chi connectivity index (χ3n) is 4.94. The summed E-state index contributed by atoms with van der Waals surface area (Å²) in [5.41, 5.74) is 1.35. The molecule has 0 unspecified atom stereocenters. The van der Waals surface area contributed by atoms with Gasteiger partial charge in [0, 0.05) is 11.6 Å². The van der Waals surface area contributed by atoms with Crippen LogP contribution in [0.3, 0.4) is 0 Å². The van der Waals surface area contributed by atoms with Crippen LogP contribution < -0.4 is 5.32 Å². The Labute approximate surface area is 133 Å². The molecule has 2 aliphatic carbocycles. The average Bonchev–Trinajstić information content (AvgIpc) is 3.16. The van der Waals surface area contributed by atoms with Crippen molar-refractivity contribution in [2.24, 2.45) is 23.7 Å². The molecule has 2 bridgehead atoms. The van der Waals surface area contributed by atoms with Crippen LogP contribution in [0.2, 0.25) is 0 Å². The number of carbonyl (C=O) groups is 2. The minimum atomic E-state index is -0.891. The second-order valence-electron chi connectivity index (χ2n) is 6.21. The molecule has 1 fully saturated rings. The summed E-state index contributed by atoms with van der Waals surface area (Å²) in [4.78, 5) is 28.6. The highest BCUT2D eigenvalue weighted by Gasteiger charge is 2.51. The molecular weight excluding hydrogens is 292 g/mol. The topological polar surface area (TPSA) is 79.3 Å². The molecule has 5 nitrogen and oxygen atoms in total. The van der Waals surface area contributed by atoms with E-state index >= 15 is 0 Å². The number of fused-ring (bicyclic) bond motifs is 3. The summed E-state index contributed by atoms with van der Waals surface area (Å²) in [6.07, 6.45) is 6.35. The molecule has 4 atom stereocenters. The number of amides is 1. The fourth-order valence-electron chi connectivity index (χ4n) is 3.94. The summed E-state index contributed by atoms with van der Waals surface area (Å²) in [6.45, 7) is 0. The molecule has 1 saturated carbocycles. The van der Waals surface area contributed by atoms with Crippen LogP contribution in [0.5, 0.6) is 0 Å². The van der Waals surface area contributed by atoms with E-state index in [-0.39, 0.29) is 17.7 Å². The fourth-order valence-corrected chi connectivity index (χ4v) is 3.94. The van der Waals surface area contributed by atoms with E-state index in [1.165, 1.54) is 0 Å². The average molecular weight is 308 g/mol. The molecule has 116 valence electrons. The van der Waals surface area contributed by atoms with Crippen molar-refractivity contribution in [3.63, 3.8) is 0 Å². The Balaban J connectivity index is 1.65. The maximum absolute atomic E-state index is 12.7. The summed E-state index contributed by atoms with van der Waals surface area (Å²) in [5, 5.41) is 13.3. The number of nitrogens with one attached hydrogen (secondary N) is 1. The van der Waals surface area contributed by atoms with E-state index in [9.17, 15) is 14.7 Å². The van der Waals surface area contributed by atoms with Gasteiger partial charge < -0.3 is 10.4 Å². The first-order chi connectivity index (χ1) is 11.1. The van der Waals surface area contributed by atoms with Crippen LogP contribution in [0.1, 0.15) is 6.42 Å². The Morgan fingerprint density at radius 2 is 1.83 bits per heavy atom. The number of carboxylic acid groups (broad SMARTS) is 1. The molecule has 1 heterocycles. The lowest BCUT2D eigenvalue weighted by atomic mass is 9.82. The number of benzene rings is 1. The minimum Gasteiger partial charge on any atom is -0.481 e. The maximum atomic E-state index is 12.7. The quantitative estimate of drug-likeness (QED) is 0.854. The Bertz CT molecular complexity index is 825. The lowest BCUT2D eigenvalue weighted by Gasteiger charge is -2.24. The number of aromatic nitrogens is 1. The molecular formula is C18H16N2O3. The highest BCUT2D eigenvalue weighted by Crippen LogP contribution is 2.48. The van der Waals surface area contributed by atoms with Gasteiger partial charge in [0.1, 0.15) is 0 Å². The van der Waals surface area contributed by atoms with E-state index in [2.05, 4.69) is 10.3 Å². The third kappa shape index (κ3) is 2.20. The number of rotatable bonds is 3. The molecule has 23 heavy (non-hydrogen) atoms. The van der Waals surface area contributed by atoms with Gasteiger partial charge >= 0.3 is 5.97 Å². The molecule has 2 aromatic rings. The van der Waals surface area contributed by atoms with Gasteiger partial charge in [-0.25, -0.2) is 0 Å². The summed E-state index contributed by atoms with van der Waals surface area (Å²) in [6, 6.07) is 9.35. The summed E-state index contributed by atoms with van der Waals surface area (Å²) < 4.78 is 0. The van der Waals surface area contributed by atoms with Crippen molar-refractivity contribution in [2.75, 3.05) is 5.32 Å². The van der Waals surface area contributed by atoms with Gasteiger partial charge in [-0.15, -0.1) is 0 Å². The molecule has 0 spiro atoms. The third-order valence-corrected chi connectivity index (χ3v) is 4.94. The Hall–Kier alpha value is -2.69. The van der Waals surface area contributed by atoms with Crippen LogP contribution in [0.4, 0.5) is 5.69 Å².